The van der Waals surface area contributed by atoms with E-state index < -0.39 is 16.1 Å². The maximum Gasteiger partial charge on any atom is 0.182 e. The second-order valence-corrected chi connectivity index (χ2v) is 25.3. The molecule has 0 spiro atoms. The topological polar surface area (TPSA) is 0 Å². The summed E-state index contributed by atoms with van der Waals surface area (Å²) in [6.07, 6.45) is 0.970. The molecule has 13 rings (SSSR count). The fourth-order valence-corrected chi connectivity index (χ4v) is 25.4. The van der Waals surface area contributed by atoms with Crippen LogP contribution in [0.3, 0.4) is 0 Å². The van der Waals surface area contributed by atoms with Gasteiger partial charge in [0, 0.05) is 19.2 Å². The van der Waals surface area contributed by atoms with Gasteiger partial charge in [0.15, 0.2) is 16.1 Å². The summed E-state index contributed by atoms with van der Waals surface area (Å²) in [7, 11) is -5.41. The van der Waals surface area contributed by atoms with E-state index in [2.05, 4.69) is 194 Å². The monoisotopic (exact) mass is 790 g/mol. The second-order valence-electron chi connectivity index (χ2n) is 15.8. The molecule has 2 aromatic heterocycles. The van der Waals surface area contributed by atoms with Crippen molar-refractivity contribution in [3.8, 4) is 32.0 Å². The molecule has 2 unspecified atom stereocenters. The SMILES string of the molecule is c1ccc([Si]2(c3ccc4c(c3)-c3cc([Si]5(c6ccccc6)c6ccccc6-c6sc7ccccc7c65)ccc3C4)c3ccccc3-c3sc4ccccc4c32)cc1. The van der Waals surface area contributed by atoms with Crippen molar-refractivity contribution in [1.82, 2.24) is 0 Å². The predicted octanol–water partition coefficient (Wildman–Crippen LogP) is 8.40. The lowest BCUT2D eigenvalue weighted by atomic mass is 10.1. The second kappa shape index (κ2) is 11.8. The molecule has 1 aliphatic carbocycles. The molecular weight excluding hydrogens is 757 g/mol. The van der Waals surface area contributed by atoms with Gasteiger partial charge in [-0.2, -0.15) is 0 Å². The molecule has 0 N–H and O–H groups in total. The Labute approximate surface area is 342 Å². The van der Waals surface area contributed by atoms with E-state index in [1.165, 1.54) is 94.4 Å². The first-order chi connectivity index (χ1) is 28.3. The first-order valence-electron chi connectivity index (χ1n) is 19.9. The molecule has 0 saturated heterocycles. The Balaban J connectivity index is 1.09. The van der Waals surface area contributed by atoms with Crippen molar-refractivity contribution in [2.24, 2.45) is 0 Å². The van der Waals surface area contributed by atoms with E-state index in [-0.39, 0.29) is 0 Å². The summed E-state index contributed by atoms with van der Waals surface area (Å²) in [5, 5.41) is 14.9. The van der Waals surface area contributed by atoms with Crippen molar-refractivity contribution < 1.29 is 0 Å². The lowest BCUT2D eigenvalue weighted by Crippen LogP contribution is -2.73. The highest BCUT2D eigenvalue weighted by Crippen LogP contribution is 2.43. The molecule has 0 amide bonds. The molecule has 10 aromatic rings. The molecule has 57 heavy (non-hydrogen) atoms. The van der Waals surface area contributed by atoms with Crippen LogP contribution in [0.15, 0.2) is 194 Å². The van der Waals surface area contributed by atoms with Crippen LogP contribution in [0.5, 0.6) is 0 Å². The Kier molecular flexibility index (Phi) is 6.68. The van der Waals surface area contributed by atoms with Crippen molar-refractivity contribution >= 4 is 100 Å². The van der Waals surface area contributed by atoms with Gasteiger partial charge in [0.05, 0.1) is 0 Å². The van der Waals surface area contributed by atoms with Crippen LogP contribution in [0.2, 0.25) is 0 Å². The summed E-state index contributed by atoms with van der Waals surface area (Å²) in [5.74, 6) is 0. The minimum atomic E-state index is -2.70. The van der Waals surface area contributed by atoms with E-state index in [0.717, 1.165) is 6.42 Å². The van der Waals surface area contributed by atoms with Crippen molar-refractivity contribution in [3.63, 3.8) is 0 Å². The molecule has 4 heteroatoms. The van der Waals surface area contributed by atoms with Crippen molar-refractivity contribution in [2.75, 3.05) is 0 Å². The number of thiophene rings is 2. The van der Waals surface area contributed by atoms with Gasteiger partial charge in [-0.25, -0.2) is 0 Å². The molecule has 0 radical (unpaired) electrons. The highest BCUT2D eigenvalue weighted by Gasteiger charge is 2.52. The van der Waals surface area contributed by atoms with Gasteiger partial charge >= 0.3 is 0 Å². The Morgan fingerprint density at radius 3 is 1.21 bits per heavy atom. The zero-order valence-electron chi connectivity index (χ0n) is 31.0. The summed E-state index contributed by atoms with van der Waals surface area (Å²) < 4.78 is 2.77. The van der Waals surface area contributed by atoms with Gasteiger partial charge in [-0.1, -0.05) is 182 Å². The summed E-state index contributed by atoms with van der Waals surface area (Å²) in [6, 6.07) is 75.3. The Hall–Kier alpha value is -5.89. The van der Waals surface area contributed by atoms with Crippen molar-refractivity contribution in [3.05, 3.63) is 205 Å². The maximum atomic E-state index is 2.65. The van der Waals surface area contributed by atoms with Gasteiger partial charge in [0.25, 0.3) is 0 Å². The van der Waals surface area contributed by atoms with Gasteiger partial charge in [-0.3, -0.25) is 0 Å². The van der Waals surface area contributed by atoms with Crippen LogP contribution in [0.4, 0.5) is 0 Å². The summed E-state index contributed by atoms with van der Waals surface area (Å²) >= 11 is 3.96. The maximum absolute atomic E-state index is 2.70. The van der Waals surface area contributed by atoms with Crippen LogP contribution in [-0.4, -0.2) is 16.1 Å². The third kappa shape index (κ3) is 4.10. The van der Waals surface area contributed by atoms with E-state index >= 15 is 0 Å². The van der Waals surface area contributed by atoms with Crippen LogP contribution in [-0.2, 0) is 6.42 Å². The van der Waals surface area contributed by atoms with E-state index in [1.807, 2.05) is 22.7 Å². The average molecular weight is 791 g/mol. The van der Waals surface area contributed by atoms with Crippen molar-refractivity contribution in [2.45, 2.75) is 6.42 Å². The molecule has 0 nitrogen and oxygen atoms in total. The first kappa shape index (κ1) is 32.2. The fourth-order valence-electron chi connectivity index (χ4n) is 11.0. The van der Waals surface area contributed by atoms with Crippen LogP contribution in [0.25, 0.3) is 52.2 Å². The number of rotatable bonds is 4. The van der Waals surface area contributed by atoms with Gasteiger partial charge in [-0.15, -0.1) is 22.7 Å². The first-order valence-corrected chi connectivity index (χ1v) is 25.5. The smallest absolute Gasteiger partial charge is 0.135 e. The van der Waals surface area contributed by atoms with E-state index in [0.29, 0.717) is 0 Å². The molecule has 266 valence electrons. The fraction of sp³-hybridized carbons (Fsp3) is 0.0189. The van der Waals surface area contributed by atoms with Gasteiger partial charge < -0.3 is 0 Å². The Bertz CT molecular complexity index is 3070. The Morgan fingerprint density at radius 1 is 0.333 bits per heavy atom. The molecule has 8 aromatic carbocycles. The molecule has 2 aliphatic heterocycles. The molecule has 4 heterocycles. The minimum absolute atomic E-state index is 0.970. The average Bonchev–Trinajstić information content (AvgIpc) is 4.07. The molecule has 3 aliphatic rings. The zero-order chi connectivity index (χ0) is 37.3. The van der Waals surface area contributed by atoms with E-state index in [1.54, 1.807) is 10.4 Å². The standard InChI is InChI=1S/C53H34S2Si2/c1-3-15-36(16-4-1)56(48-25-13-9-21-42(48)50-52(56)40-19-7-11-23-46(40)54-50)38-29-27-34-31-35-28-30-39(33-45(35)44(34)32-38)57(37-17-5-2-6-18-37)49-26-14-10-22-43(49)51-53(57)41-20-8-12-24-47(41)55-51/h1-30,32-33H,31H2. The van der Waals surface area contributed by atoms with Crippen LogP contribution < -0.4 is 41.5 Å². The van der Waals surface area contributed by atoms with Crippen molar-refractivity contribution in [1.29, 1.82) is 0 Å². The lowest BCUT2D eigenvalue weighted by molar-refractivity contribution is 1.27. The highest BCUT2D eigenvalue weighted by molar-refractivity contribution is 7.33. The lowest BCUT2D eigenvalue weighted by Gasteiger charge is -2.32. The highest BCUT2D eigenvalue weighted by atomic mass is 32.1. The van der Waals surface area contributed by atoms with Crippen LogP contribution in [0, 0.1) is 0 Å². The molecular formula is C53H34S2Si2. The van der Waals surface area contributed by atoms with Gasteiger partial charge in [0.2, 0.25) is 0 Å². The third-order valence-corrected chi connectivity index (χ3v) is 25.8. The quantitative estimate of drug-likeness (QED) is 0.157. The molecule has 2 atom stereocenters. The molecule has 0 fully saturated rings. The number of benzene rings is 8. The van der Waals surface area contributed by atoms with Crippen LogP contribution >= 0.6 is 22.7 Å². The largest absolute Gasteiger partial charge is 0.182 e. The van der Waals surface area contributed by atoms with E-state index in [4.69, 9.17) is 0 Å². The number of fused-ring (bicyclic) bond motifs is 13. The van der Waals surface area contributed by atoms with E-state index in [9.17, 15) is 0 Å². The number of hydrogen-bond donors (Lipinski definition) is 0. The zero-order valence-corrected chi connectivity index (χ0v) is 34.6. The summed E-state index contributed by atoms with van der Waals surface area (Å²) in [5.41, 5.74) is 8.54. The molecule has 0 saturated carbocycles. The molecule has 0 bridgehead atoms. The van der Waals surface area contributed by atoms with Gasteiger partial charge in [0.1, 0.15) is 0 Å². The third-order valence-electron chi connectivity index (χ3n) is 13.3. The summed E-state index contributed by atoms with van der Waals surface area (Å²) in [4.78, 5) is 2.92. The van der Waals surface area contributed by atoms with Crippen LogP contribution in [0.1, 0.15) is 11.1 Å². The number of hydrogen-bond acceptors (Lipinski definition) is 2. The van der Waals surface area contributed by atoms with Gasteiger partial charge in [-0.05, 0) is 104 Å². The normalized spacial score (nSPS) is 18.2. The Morgan fingerprint density at radius 2 is 0.737 bits per heavy atom. The minimum Gasteiger partial charge on any atom is -0.135 e. The predicted molar refractivity (Wildman–Crippen MR) is 251 cm³/mol. The summed E-state index contributed by atoms with van der Waals surface area (Å²) in [6.45, 7) is 0.